The van der Waals surface area contributed by atoms with E-state index in [9.17, 15) is 0 Å². The largest absolute Gasteiger partial charge is 0.317 e. The lowest BCUT2D eigenvalue weighted by Crippen LogP contribution is -2.41. The molecule has 2 unspecified atom stereocenters. The average molecular weight is 252 g/mol. The molecule has 0 radical (unpaired) electrons. The molecule has 2 rings (SSSR count). The van der Waals surface area contributed by atoms with Crippen molar-refractivity contribution in [2.75, 3.05) is 26.7 Å². The molecule has 2 saturated carbocycles. The molecule has 0 aromatic heterocycles. The van der Waals surface area contributed by atoms with Crippen LogP contribution in [0.1, 0.15) is 58.3 Å². The number of hydrogen-bond acceptors (Lipinski definition) is 2. The van der Waals surface area contributed by atoms with Gasteiger partial charge in [0.25, 0.3) is 0 Å². The molecular formula is C16H32N2. The van der Waals surface area contributed by atoms with Crippen molar-refractivity contribution in [3.63, 3.8) is 0 Å². The molecular weight excluding hydrogens is 220 g/mol. The first kappa shape index (κ1) is 14.3. The summed E-state index contributed by atoms with van der Waals surface area (Å²) in [6, 6.07) is 0.769. The third-order valence-electron chi connectivity index (χ3n) is 4.78. The Morgan fingerprint density at radius 2 is 1.78 bits per heavy atom. The summed E-state index contributed by atoms with van der Waals surface area (Å²) in [5.41, 5.74) is 0. The van der Waals surface area contributed by atoms with Crippen molar-refractivity contribution in [1.82, 2.24) is 10.2 Å². The maximum atomic E-state index is 3.58. The van der Waals surface area contributed by atoms with Crippen LogP contribution in [0, 0.1) is 11.8 Å². The lowest BCUT2D eigenvalue weighted by atomic mass is 9.94. The van der Waals surface area contributed by atoms with Gasteiger partial charge in [0, 0.05) is 19.1 Å². The summed E-state index contributed by atoms with van der Waals surface area (Å²) in [5.74, 6) is 1.93. The SMILES string of the molecule is CCCN(CC1CC1)CC1CCCCCC1NC. The first-order valence-electron chi connectivity index (χ1n) is 8.23. The molecule has 0 spiro atoms. The van der Waals surface area contributed by atoms with Gasteiger partial charge < -0.3 is 10.2 Å². The Morgan fingerprint density at radius 1 is 1.00 bits per heavy atom. The second kappa shape index (κ2) is 7.49. The van der Waals surface area contributed by atoms with Gasteiger partial charge in [0.05, 0.1) is 0 Å². The molecule has 1 N–H and O–H groups in total. The molecule has 0 heterocycles. The maximum Gasteiger partial charge on any atom is 0.0104 e. The van der Waals surface area contributed by atoms with Crippen LogP contribution in [0.15, 0.2) is 0 Å². The van der Waals surface area contributed by atoms with Gasteiger partial charge in [-0.2, -0.15) is 0 Å². The molecule has 18 heavy (non-hydrogen) atoms. The monoisotopic (exact) mass is 252 g/mol. The van der Waals surface area contributed by atoms with Crippen LogP contribution in [-0.4, -0.2) is 37.6 Å². The fourth-order valence-electron chi connectivity index (χ4n) is 3.55. The predicted octanol–water partition coefficient (Wildman–Crippen LogP) is 3.28. The summed E-state index contributed by atoms with van der Waals surface area (Å²) >= 11 is 0. The third kappa shape index (κ3) is 4.55. The third-order valence-corrected chi connectivity index (χ3v) is 4.78. The van der Waals surface area contributed by atoms with Crippen molar-refractivity contribution in [2.45, 2.75) is 64.3 Å². The van der Waals surface area contributed by atoms with Crippen molar-refractivity contribution in [1.29, 1.82) is 0 Å². The quantitative estimate of drug-likeness (QED) is 0.700. The summed E-state index contributed by atoms with van der Waals surface area (Å²) in [7, 11) is 2.16. The van der Waals surface area contributed by atoms with Crippen molar-refractivity contribution >= 4 is 0 Å². The molecule has 2 heteroatoms. The van der Waals surface area contributed by atoms with E-state index in [0.29, 0.717) is 0 Å². The Kier molecular flexibility index (Phi) is 5.97. The first-order chi connectivity index (χ1) is 8.83. The topological polar surface area (TPSA) is 15.3 Å². The van der Waals surface area contributed by atoms with Gasteiger partial charge in [-0.15, -0.1) is 0 Å². The molecule has 2 aliphatic carbocycles. The van der Waals surface area contributed by atoms with Gasteiger partial charge in [-0.05, 0) is 57.5 Å². The van der Waals surface area contributed by atoms with Crippen molar-refractivity contribution in [2.24, 2.45) is 11.8 Å². The van der Waals surface area contributed by atoms with Gasteiger partial charge in [-0.3, -0.25) is 0 Å². The van der Waals surface area contributed by atoms with Crippen LogP contribution < -0.4 is 5.32 Å². The second-order valence-corrected chi connectivity index (χ2v) is 6.50. The molecule has 0 saturated heterocycles. The van der Waals surface area contributed by atoms with Gasteiger partial charge >= 0.3 is 0 Å². The molecule has 2 fully saturated rings. The van der Waals surface area contributed by atoms with Crippen LogP contribution in [0.4, 0.5) is 0 Å². The summed E-state index contributed by atoms with van der Waals surface area (Å²) < 4.78 is 0. The molecule has 2 nitrogen and oxygen atoms in total. The standard InChI is InChI=1S/C16H32N2/c1-3-11-18(12-14-9-10-14)13-15-7-5-4-6-8-16(15)17-2/h14-17H,3-13H2,1-2H3. The average Bonchev–Trinajstić information content (AvgIpc) is 3.17. The first-order valence-corrected chi connectivity index (χ1v) is 8.23. The highest BCUT2D eigenvalue weighted by molar-refractivity contribution is 4.83. The predicted molar refractivity (Wildman–Crippen MR) is 78.9 cm³/mol. The van der Waals surface area contributed by atoms with Crippen molar-refractivity contribution < 1.29 is 0 Å². The van der Waals surface area contributed by atoms with E-state index < -0.39 is 0 Å². The van der Waals surface area contributed by atoms with Gasteiger partial charge in [0.15, 0.2) is 0 Å². The number of rotatable bonds is 7. The van der Waals surface area contributed by atoms with Crippen LogP contribution in [0.5, 0.6) is 0 Å². The van der Waals surface area contributed by atoms with Crippen LogP contribution in [-0.2, 0) is 0 Å². The van der Waals surface area contributed by atoms with E-state index in [2.05, 4.69) is 24.2 Å². The van der Waals surface area contributed by atoms with Crippen LogP contribution in [0.2, 0.25) is 0 Å². The highest BCUT2D eigenvalue weighted by Crippen LogP contribution is 2.31. The molecule has 0 aromatic carbocycles. The number of nitrogens with one attached hydrogen (secondary N) is 1. The van der Waals surface area contributed by atoms with Crippen LogP contribution in [0.25, 0.3) is 0 Å². The van der Waals surface area contributed by atoms with Crippen molar-refractivity contribution in [3.8, 4) is 0 Å². The zero-order chi connectivity index (χ0) is 12.8. The lowest BCUT2D eigenvalue weighted by molar-refractivity contribution is 0.191. The second-order valence-electron chi connectivity index (χ2n) is 6.50. The van der Waals surface area contributed by atoms with E-state index in [-0.39, 0.29) is 0 Å². The zero-order valence-corrected chi connectivity index (χ0v) is 12.5. The summed E-state index contributed by atoms with van der Waals surface area (Å²) in [6.45, 7) is 6.35. The van der Waals surface area contributed by atoms with E-state index in [0.717, 1.165) is 17.9 Å². The molecule has 2 aliphatic rings. The summed E-state index contributed by atoms with van der Waals surface area (Å²) in [4.78, 5) is 2.76. The molecule has 0 aromatic rings. The molecule has 0 bridgehead atoms. The fraction of sp³-hybridized carbons (Fsp3) is 1.00. The van der Waals surface area contributed by atoms with Crippen molar-refractivity contribution in [3.05, 3.63) is 0 Å². The lowest BCUT2D eigenvalue weighted by Gasteiger charge is -2.31. The van der Waals surface area contributed by atoms with Gasteiger partial charge in [-0.25, -0.2) is 0 Å². The van der Waals surface area contributed by atoms with Crippen LogP contribution >= 0.6 is 0 Å². The smallest absolute Gasteiger partial charge is 0.0104 e. The highest BCUT2D eigenvalue weighted by atomic mass is 15.1. The highest BCUT2D eigenvalue weighted by Gasteiger charge is 2.28. The van der Waals surface area contributed by atoms with E-state index in [1.807, 2.05) is 0 Å². The summed E-state index contributed by atoms with van der Waals surface area (Å²) in [6.07, 6.45) is 11.4. The van der Waals surface area contributed by atoms with Gasteiger partial charge in [0.2, 0.25) is 0 Å². The maximum absolute atomic E-state index is 3.58. The fourth-order valence-corrected chi connectivity index (χ4v) is 3.55. The Hall–Kier alpha value is -0.0800. The Bertz CT molecular complexity index is 225. The zero-order valence-electron chi connectivity index (χ0n) is 12.5. The Balaban J connectivity index is 1.84. The van der Waals surface area contributed by atoms with Gasteiger partial charge in [-0.1, -0.05) is 26.2 Å². The van der Waals surface area contributed by atoms with Crippen LogP contribution in [0.3, 0.4) is 0 Å². The van der Waals surface area contributed by atoms with Gasteiger partial charge in [0.1, 0.15) is 0 Å². The number of nitrogens with zero attached hydrogens (tertiary/aromatic N) is 1. The minimum absolute atomic E-state index is 0.769. The van der Waals surface area contributed by atoms with E-state index in [4.69, 9.17) is 0 Å². The molecule has 0 amide bonds. The molecule has 106 valence electrons. The molecule has 2 atom stereocenters. The molecule has 0 aliphatic heterocycles. The minimum Gasteiger partial charge on any atom is -0.317 e. The number of hydrogen-bond donors (Lipinski definition) is 1. The summed E-state index contributed by atoms with van der Waals surface area (Å²) in [5, 5.41) is 3.58. The van der Waals surface area contributed by atoms with E-state index in [1.54, 1.807) is 0 Å². The Labute approximate surface area is 114 Å². The van der Waals surface area contributed by atoms with E-state index in [1.165, 1.54) is 71.0 Å². The normalized spacial score (nSPS) is 29.5. The van der Waals surface area contributed by atoms with E-state index >= 15 is 0 Å². The Morgan fingerprint density at radius 3 is 2.44 bits per heavy atom. The minimum atomic E-state index is 0.769.